The van der Waals surface area contributed by atoms with Gasteiger partial charge in [0.1, 0.15) is 6.61 Å². The molecule has 0 spiro atoms. The van der Waals surface area contributed by atoms with Crippen molar-refractivity contribution in [2.75, 3.05) is 6.54 Å². The number of hydrogen-bond donors (Lipinski definition) is 2. The van der Waals surface area contributed by atoms with Gasteiger partial charge in [-0.05, 0) is 23.3 Å². The van der Waals surface area contributed by atoms with Gasteiger partial charge in [0.05, 0.1) is 12.3 Å². The molecule has 1 aromatic heterocycles. The summed E-state index contributed by atoms with van der Waals surface area (Å²) in [4.78, 5) is 15.7. The maximum absolute atomic E-state index is 11.5. The number of alkyl carbamates (subject to hydrolysis) is 1. The van der Waals surface area contributed by atoms with Gasteiger partial charge < -0.3 is 15.2 Å². The lowest BCUT2D eigenvalue weighted by Gasteiger charge is -2.05. The van der Waals surface area contributed by atoms with Gasteiger partial charge in [-0.1, -0.05) is 42.5 Å². The molecule has 0 fully saturated rings. The van der Waals surface area contributed by atoms with Gasteiger partial charge in [-0.25, -0.2) is 4.79 Å². The quantitative estimate of drug-likeness (QED) is 0.859. The number of benzene rings is 1. The van der Waals surface area contributed by atoms with Crippen LogP contribution >= 0.6 is 0 Å². The second-order valence-corrected chi connectivity index (χ2v) is 4.59. The summed E-state index contributed by atoms with van der Waals surface area (Å²) in [5.41, 5.74) is 2.47. The molecule has 1 amide bonds. The maximum Gasteiger partial charge on any atom is 0.407 e. The molecule has 0 unspecified atom stereocenters. The van der Waals surface area contributed by atoms with Crippen LogP contribution in [0.3, 0.4) is 0 Å². The number of amides is 1. The van der Waals surface area contributed by atoms with Crippen LogP contribution in [0.2, 0.25) is 0 Å². The van der Waals surface area contributed by atoms with Crippen LogP contribution in [0.5, 0.6) is 0 Å². The normalized spacial score (nSPS) is 10.6. The molecule has 2 rings (SSSR count). The van der Waals surface area contributed by atoms with Crippen LogP contribution < -0.4 is 5.32 Å². The van der Waals surface area contributed by atoms with Gasteiger partial charge in [0, 0.05) is 12.7 Å². The number of pyridine rings is 1. The van der Waals surface area contributed by atoms with Crippen molar-refractivity contribution in [2.45, 2.75) is 13.2 Å². The summed E-state index contributed by atoms with van der Waals surface area (Å²) in [5, 5.41) is 11.5. The molecule has 0 aliphatic heterocycles. The lowest BCUT2D eigenvalue weighted by atomic mass is 10.2. The van der Waals surface area contributed by atoms with Crippen molar-refractivity contribution >= 4 is 12.2 Å². The second-order valence-electron chi connectivity index (χ2n) is 4.59. The third-order valence-electron chi connectivity index (χ3n) is 2.90. The molecule has 0 saturated carbocycles. The molecule has 5 heteroatoms. The van der Waals surface area contributed by atoms with Crippen LogP contribution in [0.1, 0.15) is 16.8 Å². The van der Waals surface area contributed by atoms with E-state index in [4.69, 9.17) is 9.84 Å². The van der Waals surface area contributed by atoms with Crippen molar-refractivity contribution in [1.82, 2.24) is 10.3 Å². The first-order valence-electron chi connectivity index (χ1n) is 6.95. The zero-order valence-electron chi connectivity index (χ0n) is 12.1. The van der Waals surface area contributed by atoms with Gasteiger partial charge in [-0.3, -0.25) is 4.98 Å². The Bertz CT molecular complexity index is 610. The Hall–Kier alpha value is -2.66. The molecular weight excluding hydrogens is 280 g/mol. The number of hydrogen-bond acceptors (Lipinski definition) is 4. The van der Waals surface area contributed by atoms with Gasteiger partial charge >= 0.3 is 6.09 Å². The van der Waals surface area contributed by atoms with Crippen LogP contribution in [0.4, 0.5) is 4.79 Å². The molecular formula is C17H18N2O3. The Balaban J connectivity index is 1.68. The molecule has 1 heterocycles. The van der Waals surface area contributed by atoms with Gasteiger partial charge in [0.25, 0.3) is 0 Å². The van der Waals surface area contributed by atoms with E-state index >= 15 is 0 Å². The summed E-state index contributed by atoms with van der Waals surface area (Å²) in [6.07, 6.45) is 4.72. The Morgan fingerprint density at radius 1 is 1.18 bits per heavy atom. The van der Waals surface area contributed by atoms with E-state index in [1.54, 1.807) is 30.5 Å². The van der Waals surface area contributed by atoms with Gasteiger partial charge in [0.2, 0.25) is 0 Å². The fourth-order valence-electron chi connectivity index (χ4n) is 1.72. The molecule has 0 aliphatic carbocycles. The lowest BCUT2D eigenvalue weighted by molar-refractivity contribution is 0.141. The Kier molecular flexibility index (Phi) is 6.14. The summed E-state index contributed by atoms with van der Waals surface area (Å²) in [6, 6.07) is 13.1. The van der Waals surface area contributed by atoms with Crippen LogP contribution in [0.25, 0.3) is 6.08 Å². The number of nitrogens with one attached hydrogen (secondary N) is 1. The fourth-order valence-corrected chi connectivity index (χ4v) is 1.72. The topological polar surface area (TPSA) is 71.5 Å². The van der Waals surface area contributed by atoms with E-state index in [2.05, 4.69) is 10.3 Å². The van der Waals surface area contributed by atoms with E-state index in [0.717, 1.165) is 16.8 Å². The molecule has 22 heavy (non-hydrogen) atoms. The first-order chi connectivity index (χ1) is 10.8. The molecule has 0 bridgehead atoms. The zero-order chi connectivity index (χ0) is 15.6. The van der Waals surface area contributed by atoms with E-state index in [1.165, 1.54) is 0 Å². The first kappa shape index (κ1) is 15.7. The number of aliphatic hydroxyl groups is 1. The number of carbonyl (C=O) groups is 1. The molecule has 0 atom stereocenters. The third-order valence-corrected chi connectivity index (χ3v) is 2.90. The predicted molar refractivity (Wildman–Crippen MR) is 83.8 cm³/mol. The predicted octanol–water partition coefficient (Wildman–Crippen LogP) is 2.51. The Morgan fingerprint density at radius 3 is 2.68 bits per heavy atom. The molecule has 1 aromatic carbocycles. The third kappa shape index (κ3) is 5.38. The Labute approximate surface area is 129 Å². The average Bonchev–Trinajstić information content (AvgIpc) is 2.58. The van der Waals surface area contributed by atoms with Crippen molar-refractivity contribution < 1.29 is 14.6 Å². The maximum atomic E-state index is 11.5. The van der Waals surface area contributed by atoms with Crippen LogP contribution in [0, 0.1) is 0 Å². The summed E-state index contributed by atoms with van der Waals surface area (Å²) in [6.45, 7) is 0.587. The number of nitrogens with zero attached hydrogens (tertiary/aromatic N) is 1. The number of aliphatic hydroxyl groups excluding tert-OH is 1. The van der Waals surface area contributed by atoms with E-state index in [9.17, 15) is 4.79 Å². The minimum Gasteiger partial charge on any atom is -0.445 e. The highest BCUT2D eigenvalue weighted by Gasteiger charge is 2.00. The highest BCUT2D eigenvalue weighted by molar-refractivity contribution is 5.67. The van der Waals surface area contributed by atoms with Crippen molar-refractivity contribution in [2.24, 2.45) is 0 Å². The number of aromatic nitrogens is 1. The van der Waals surface area contributed by atoms with Crippen LogP contribution in [-0.4, -0.2) is 22.7 Å². The van der Waals surface area contributed by atoms with E-state index in [0.29, 0.717) is 6.54 Å². The summed E-state index contributed by atoms with van der Waals surface area (Å²) in [7, 11) is 0. The van der Waals surface area contributed by atoms with Gasteiger partial charge in [-0.2, -0.15) is 0 Å². The molecule has 0 radical (unpaired) electrons. The molecule has 114 valence electrons. The SMILES string of the molecule is O=C(NCC=Cc1ccc(CO)cn1)OCc1ccccc1. The number of rotatable bonds is 6. The zero-order valence-corrected chi connectivity index (χ0v) is 12.1. The van der Waals surface area contributed by atoms with Gasteiger partial charge in [0.15, 0.2) is 0 Å². The monoisotopic (exact) mass is 298 g/mol. The molecule has 2 N–H and O–H groups in total. The van der Waals surface area contributed by atoms with Crippen molar-refractivity contribution in [3.63, 3.8) is 0 Å². The molecule has 0 aliphatic rings. The Morgan fingerprint density at radius 2 is 2.00 bits per heavy atom. The standard InChI is InChI=1S/C17H18N2O3/c20-12-15-8-9-16(19-11-15)7-4-10-18-17(21)22-13-14-5-2-1-3-6-14/h1-9,11,20H,10,12-13H2,(H,18,21). The summed E-state index contributed by atoms with van der Waals surface area (Å²) < 4.78 is 5.08. The van der Waals surface area contributed by atoms with Crippen LogP contribution in [-0.2, 0) is 18.0 Å². The molecule has 5 nitrogen and oxygen atoms in total. The lowest BCUT2D eigenvalue weighted by Crippen LogP contribution is -2.24. The van der Waals surface area contributed by atoms with E-state index in [-0.39, 0.29) is 13.2 Å². The highest BCUT2D eigenvalue weighted by atomic mass is 16.5. The van der Waals surface area contributed by atoms with E-state index < -0.39 is 6.09 Å². The van der Waals surface area contributed by atoms with Crippen molar-refractivity contribution in [3.05, 3.63) is 71.6 Å². The van der Waals surface area contributed by atoms with Crippen molar-refractivity contribution in [3.8, 4) is 0 Å². The highest BCUT2D eigenvalue weighted by Crippen LogP contribution is 2.02. The summed E-state index contributed by atoms with van der Waals surface area (Å²) in [5.74, 6) is 0. The smallest absolute Gasteiger partial charge is 0.407 e. The minimum atomic E-state index is -0.461. The van der Waals surface area contributed by atoms with E-state index in [1.807, 2.05) is 30.3 Å². The minimum absolute atomic E-state index is 0.0220. The van der Waals surface area contributed by atoms with Crippen LogP contribution in [0.15, 0.2) is 54.7 Å². The number of ether oxygens (including phenoxy) is 1. The number of carbonyl (C=O) groups excluding carboxylic acids is 1. The van der Waals surface area contributed by atoms with Gasteiger partial charge in [-0.15, -0.1) is 0 Å². The second kappa shape index (κ2) is 8.59. The largest absolute Gasteiger partial charge is 0.445 e. The van der Waals surface area contributed by atoms with Crippen molar-refractivity contribution in [1.29, 1.82) is 0 Å². The average molecular weight is 298 g/mol. The fraction of sp³-hybridized carbons (Fsp3) is 0.176. The molecule has 2 aromatic rings. The first-order valence-corrected chi connectivity index (χ1v) is 6.95. The summed E-state index contributed by atoms with van der Waals surface area (Å²) >= 11 is 0. The molecule has 0 saturated heterocycles.